The van der Waals surface area contributed by atoms with Crippen LogP contribution in [0.4, 0.5) is 13.2 Å². The number of nitrogens with zero attached hydrogens (tertiary/aromatic N) is 2. The number of rotatable bonds is 8. The van der Waals surface area contributed by atoms with Gasteiger partial charge in [0.2, 0.25) is 5.91 Å². The molecule has 0 aliphatic carbocycles. The number of likely N-dealkylation sites (tertiary alicyclic amines) is 1. The molecule has 6 nitrogen and oxygen atoms in total. The summed E-state index contributed by atoms with van der Waals surface area (Å²) in [4.78, 5) is 42.8. The number of Topliss-reactive ketones (excluding diaryl/α,β-unsaturated/α-hetero) is 2. The van der Waals surface area contributed by atoms with Crippen molar-refractivity contribution in [1.29, 1.82) is 0 Å². The highest BCUT2D eigenvalue weighted by molar-refractivity contribution is 7.13. The molecule has 1 unspecified atom stereocenters. The number of ketones is 2. The SMILES string of the molecule is CC(=O)CC(C(=O)N1C[C@H](O)C[C@H]1C(=O)CCc1ccc(-c2scnc2C)cc1)C(F)(F)F. The molecule has 1 aromatic heterocycles. The van der Waals surface area contributed by atoms with E-state index in [1.807, 2.05) is 31.2 Å². The van der Waals surface area contributed by atoms with Crippen molar-refractivity contribution in [2.45, 2.75) is 57.9 Å². The fourth-order valence-corrected chi connectivity index (χ4v) is 4.84. The fourth-order valence-electron chi connectivity index (χ4n) is 4.03. The first-order chi connectivity index (χ1) is 15.5. The molecule has 1 aliphatic heterocycles. The lowest BCUT2D eigenvalue weighted by atomic mass is 9.97. The number of thiazole rings is 1. The number of aromatic nitrogens is 1. The minimum atomic E-state index is -4.91. The van der Waals surface area contributed by atoms with E-state index < -0.39 is 48.1 Å². The quantitative estimate of drug-likeness (QED) is 0.620. The number of benzene rings is 1. The van der Waals surface area contributed by atoms with Gasteiger partial charge < -0.3 is 10.0 Å². The Labute approximate surface area is 193 Å². The summed E-state index contributed by atoms with van der Waals surface area (Å²) in [6.07, 6.45) is -6.73. The lowest BCUT2D eigenvalue weighted by Gasteiger charge is -2.28. The van der Waals surface area contributed by atoms with E-state index in [2.05, 4.69) is 4.98 Å². The number of aryl methyl sites for hydroxylation is 2. The van der Waals surface area contributed by atoms with E-state index in [1.54, 1.807) is 5.51 Å². The molecule has 1 N–H and O–H groups in total. The summed E-state index contributed by atoms with van der Waals surface area (Å²) in [7, 11) is 0. The Kier molecular flexibility index (Phi) is 7.69. The van der Waals surface area contributed by atoms with Gasteiger partial charge in [0.1, 0.15) is 11.7 Å². The van der Waals surface area contributed by atoms with Gasteiger partial charge >= 0.3 is 6.18 Å². The van der Waals surface area contributed by atoms with E-state index in [-0.39, 0.29) is 19.4 Å². The molecule has 2 heterocycles. The zero-order valence-corrected chi connectivity index (χ0v) is 19.1. The number of β-amino-alcohol motifs (C(OH)–C–C–N with tert-alkyl or cyclic N) is 1. The minimum Gasteiger partial charge on any atom is -0.391 e. The normalized spacial score (nSPS) is 19.5. The minimum absolute atomic E-state index is 0.0174. The van der Waals surface area contributed by atoms with Crippen molar-refractivity contribution in [1.82, 2.24) is 9.88 Å². The molecule has 178 valence electrons. The van der Waals surface area contributed by atoms with Crippen LogP contribution < -0.4 is 0 Å². The highest BCUT2D eigenvalue weighted by Crippen LogP contribution is 2.34. The van der Waals surface area contributed by atoms with Crippen molar-refractivity contribution in [3.8, 4) is 10.4 Å². The van der Waals surface area contributed by atoms with Gasteiger partial charge in [-0.15, -0.1) is 11.3 Å². The molecule has 3 atom stereocenters. The Bertz CT molecular complexity index is 1020. The molecular weight excluding hydrogens is 457 g/mol. The number of carbonyl (C=O) groups excluding carboxylic acids is 3. The van der Waals surface area contributed by atoms with Crippen LogP contribution >= 0.6 is 11.3 Å². The Morgan fingerprint density at radius 1 is 1.24 bits per heavy atom. The largest absolute Gasteiger partial charge is 0.400 e. The Hall–Kier alpha value is -2.59. The molecule has 3 rings (SSSR count). The number of hydrogen-bond acceptors (Lipinski definition) is 6. The van der Waals surface area contributed by atoms with Crippen LogP contribution in [0.5, 0.6) is 0 Å². The molecule has 33 heavy (non-hydrogen) atoms. The molecule has 0 spiro atoms. The third-order valence-corrected chi connectivity index (χ3v) is 6.72. The summed E-state index contributed by atoms with van der Waals surface area (Å²) in [5.74, 6) is -5.04. The van der Waals surface area contributed by atoms with Crippen LogP contribution in [-0.4, -0.2) is 57.3 Å². The van der Waals surface area contributed by atoms with E-state index >= 15 is 0 Å². The van der Waals surface area contributed by atoms with Gasteiger partial charge in [0.05, 0.1) is 28.2 Å². The van der Waals surface area contributed by atoms with Crippen molar-refractivity contribution in [2.24, 2.45) is 5.92 Å². The number of aliphatic hydroxyl groups excluding tert-OH is 1. The van der Waals surface area contributed by atoms with E-state index in [4.69, 9.17) is 0 Å². The van der Waals surface area contributed by atoms with Crippen LogP contribution in [0.15, 0.2) is 29.8 Å². The summed E-state index contributed by atoms with van der Waals surface area (Å²) >= 11 is 1.53. The summed E-state index contributed by atoms with van der Waals surface area (Å²) in [6, 6.07) is 6.46. The van der Waals surface area contributed by atoms with Crippen LogP contribution in [-0.2, 0) is 20.8 Å². The molecule has 1 fully saturated rings. The maximum absolute atomic E-state index is 13.4. The van der Waals surface area contributed by atoms with E-state index in [9.17, 15) is 32.7 Å². The average Bonchev–Trinajstić information content (AvgIpc) is 3.35. The molecular formula is C23H25F3N2O4S. The number of carbonyl (C=O) groups is 3. The monoisotopic (exact) mass is 482 g/mol. The fraction of sp³-hybridized carbons (Fsp3) is 0.478. The van der Waals surface area contributed by atoms with Crippen molar-refractivity contribution in [3.05, 3.63) is 41.0 Å². The predicted octanol–water partition coefficient (Wildman–Crippen LogP) is 3.74. The number of hydrogen-bond donors (Lipinski definition) is 1. The Morgan fingerprint density at radius 3 is 2.45 bits per heavy atom. The lowest BCUT2D eigenvalue weighted by Crippen LogP contribution is -2.48. The summed E-state index contributed by atoms with van der Waals surface area (Å²) in [6.45, 7) is 2.54. The summed E-state index contributed by atoms with van der Waals surface area (Å²) in [5, 5.41) is 9.96. The Morgan fingerprint density at radius 2 is 1.91 bits per heavy atom. The molecule has 1 aliphatic rings. The van der Waals surface area contributed by atoms with Gasteiger partial charge in [-0.25, -0.2) is 4.98 Å². The number of alkyl halides is 3. The first kappa shape index (κ1) is 25.0. The van der Waals surface area contributed by atoms with Crippen molar-refractivity contribution < 1.29 is 32.7 Å². The predicted molar refractivity (Wildman–Crippen MR) is 117 cm³/mol. The maximum Gasteiger partial charge on any atom is 0.400 e. The third kappa shape index (κ3) is 6.05. The standard InChI is InChI=1S/C23H25F3N2O4S/c1-13(29)9-18(23(24,25)26)22(32)28-11-17(30)10-19(28)20(31)8-5-15-3-6-16(7-4-15)21-14(2)27-12-33-21/h3-4,6-7,12,17-19,30H,5,8-11H2,1-2H3/t17-,18?,19+/m1/s1. The highest BCUT2D eigenvalue weighted by atomic mass is 32.1. The first-order valence-electron chi connectivity index (χ1n) is 10.5. The van der Waals surface area contributed by atoms with Crippen molar-refractivity contribution >= 4 is 28.8 Å². The molecule has 10 heteroatoms. The number of halogens is 3. The second kappa shape index (κ2) is 10.1. The van der Waals surface area contributed by atoms with E-state index in [0.29, 0.717) is 6.42 Å². The number of aliphatic hydroxyl groups is 1. The van der Waals surface area contributed by atoms with Crippen LogP contribution in [0, 0.1) is 12.8 Å². The van der Waals surface area contributed by atoms with Crippen LogP contribution in [0.3, 0.4) is 0 Å². The molecule has 2 aromatic rings. The van der Waals surface area contributed by atoms with Gasteiger partial charge in [0.15, 0.2) is 5.78 Å². The summed E-state index contributed by atoms with van der Waals surface area (Å²) in [5.41, 5.74) is 4.56. The molecule has 1 saturated heterocycles. The zero-order valence-electron chi connectivity index (χ0n) is 18.3. The van der Waals surface area contributed by atoms with Gasteiger partial charge in [0, 0.05) is 25.8 Å². The molecule has 0 saturated carbocycles. The average molecular weight is 483 g/mol. The molecule has 1 amide bonds. The van der Waals surface area contributed by atoms with Gasteiger partial charge in [-0.1, -0.05) is 24.3 Å². The topological polar surface area (TPSA) is 87.6 Å². The first-order valence-corrected chi connectivity index (χ1v) is 11.4. The maximum atomic E-state index is 13.4. The zero-order chi connectivity index (χ0) is 24.3. The molecule has 0 radical (unpaired) electrons. The summed E-state index contributed by atoms with van der Waals surface area (Å²) < 4.78 is 40.2. The molecule has 0 bridgehead atoms. The van der Waals surface area contributed by atoms with Gasteiger partial charge in [-0.05, 0) is 31.4 Å². The smallest absolute Gasteiger partial charge is 0.391 e. The van der Waals surface area contributed by atoms with Crippen LogP contribution in [0.25, 0.3) is 10.4 Å². The second-order valence-electron chi connectivity index (χ2n) is 8.33. The van der Waals surface area contributed by atoms with E-state index in [0.717, 1.165) is 33.5 Å². The van der Waals surface area contributed by atoms with Gasteiger partial charge in [0.25, 0.3) is 0 Å². The second-order valence-corrected chi connectivity index (χ2v) is 9.18. The van der Waals surface area contributed by atoms with Crippen molar-refractivity contribution in [3.63, 3.8) is 0 Å². The van der Waals surface area contributed by atoms with Crippen molar-refractivity contribution in [2.75, 3.05) is 6.54 Å². The number of amides is 1. The lowest BCUT2D eigenvalue weighted by molar-refractivity contribution is -0.192. The van der Waals surface area contributed by atoms with Gasteiger partial charge in [-0.2, -0.15) is 13.2 Å². The third-order valence-electron chi connectivity index (χ3n) is 5.74. The van der Waals surface area contributed by atoms with Crippen LogP contribution in [0.2, 0.25) is 0 Å². The van der Waals surface area contributed by atoms with Gasteiger partial charge in [-0.3, -0.25) is 14.4 Å². The molecule has 1 aromatic carbocycles. The highest BCUT2D eigenvalue weighted by Gasteiger charge is 2.50. The Balaban J connectivity index is 1.67. The van der Waals surface area contributed by atoms with E-state index in [1.165, 1.54) is 11.3 Å². The van der Waals surface area contributed by atoms with Crippen LogP contribution in [0.1, 0.15) is 37.4 Å².